The van der Waals surface area contributed by atoms with Gasteiger partial charge in [0.15, 0.2) is 0 Å². The summed E-state index contributed by atoms with van der Waals surface area (Å²) in [5, 5.41) is 0. The van der Waals surface area contributed by atoms with E-state index in [0.29, 0.717) is 0 Å². The lowest BCUT2D eigenvalue weighted by Gasteiger charge is -2.15. The molecule has 2 aliphatic rings. The Kier molecular flexibility index (Phi) is 1.07. The van der Waals surface area contributed by atoms with Gasteiger partial charge in [-0.1, -0.05) is 0 Å². The first-order chi connectivity index (χ1) is 4.77. The van der Waals surface area contributed by atoms with E-state index in [-0.39, 0.29) is 23.8 Å². The summed E-state index contributed by atoms with van der Waals surface area (Å²) in [5.74, 6) is -0.553. The van der Waals surface area contributed by atoms with Crippen LogP contribution in [0.3, 0.4) is 0 Å². The molecule has 0 unspecified atom stereocenters. The molecule has 54 valence electrons. The zero-order valence-electron chi connectivity index (χ0n) is 5.50. The number of carbonyl (C=O) groups is 2. The van der Waals surface area contributed by atoms with Crippen LogP contribution in [0.4, 0.5) is 0 Å². The summed E-state index contributed by atoms with van der Waals surface area (Å²) in [4.78, 5) is 21.6. The molecule has 0 N–H and O–H groups in total. The first-order valence-corrected chi connectivity index (χ1v) is 3.53. The average molecular weight is 140 g/mol. The van der Waals surface area contributed by atoms with Crippen molar-refractivity contribution in [1.29, 1.82) is 0 Å². The van der Waals surface area contributed by atoms with Crippen molar-refractivity contribution in [3.63, 3.8) is 0 Å². The maximum atomic E-state index is 10.8. The van der Waals surface area contributed by atoms with Crippen LogP contribution in [0.5, 0.6) is 0 Å². The van der Waals surface area contributed by atoms with Gasteiger partial charge in [-0.3, -0.25) is 9.59 Å². The van der Waals surface area contributed by atoms with Crippen molar-refractivity contribution >= 4 is 11.9 Å². The summed E-state index contributed by atoms with van der Waals surface area (Å²) >= 11 is 0. The molecule has 0 radical (unpaired) electrons. The third-order valence-corrected chi connectivity index (χ3v) is 2.30. The largest absolute Gasteiger partial charge is 0.393 e. The fourth-order valence-corrected chi connectivity index (χ4v) is 1.68. The molecule has 3 heteroatoms. The van der Waals surface area contributed by atoms with Crippen LogP contribution >= 0.6 is 0 Å². The fourth-order valence-electron chi connectivity index (χ4n) is 1.68. The Morgan fingerprint density at radius 3 is 2.10 bits per heavy atom. The molecule has 0 aromatic carbocycles. The number of ether oxygens (including phenoxy) is 1. The average Bonchev–Trinajstić information content (AvgIpc) is 2.28. The molecule has 2 fully saturated rings. The first-order valence-electron chi connectivity index (χ1n) is 3.53. The summed E-state index contributed by atoms with van der Waals surface area (Å²) in [5.41, 5.74) is 0. The normalized spacial score (nSPS) is 38.0. The van der Waals surface area contributed by atoms with Gasteiger partial charge in [0.2, 0.25) is 0 Å². The maximum Gasteiger partial charge on any atom is 0.316 e. The van der Waals surface area contributed by atoms with Crippen molar-refractivity contribution in [3.05, 3.63) is 0 Å². The minimum absolute atomic E-state index is 0.0303. The van der Waals surface area contributed by atoms with Gasteiger partial charge in [-0.15, -0.1) is 0 Å². The molecule has 1 saturated carbocycles. The minimum atomic E-state index is -0.307. The van der Waals surface area contributed by atoms with E-state index in [1.807, 2.05) is 0 Å². The van der Waals surface area contributed by atoms with E-state index in [2.05, 4.69) is 4.74 Å². The Labute approximate surface area is 58.4 Å². The van der Waals surface area contributed by atoms with Gasteiger partial charge in [0, 0.05) is 0 Å². The van der Waals surface area contributed by atoms with Crippen LogP contribution in [-0.2, 0) is 14.3 Å². The summed E-state index contributed by atoms with van der Waals surface area (Å²) in [6.07, 6.45) is 2.42. The molecule has 0 aromatic heterocycles. The van der Waals surface area contributed by atoms with Crippen LogP contribution in [0.1, 0.15) is 19.3 Å². The van der Waals surface area contributed by atoms with E-state index in [4.69, 9.17) is 0 Å². The highest BCUT2D eigenvalue weighted by molar-refractivity contribution is 5.91. The van der Waals surface area contributed by atoms with E-state index in [1.54, 1.807) is 0 Å². The molecular weight excluding hydrogens is 132 g/mol. The molecule has 0 amide bonds. The molecule has 1 heterocycles. The van der Waals surface area contributed by atoms with Crippen LogP contribution < -0.4 is 0 Å². The number of hydrogen-bond acceptors (Lipinski definition) is 3. The molecule has 2 atom stereocenters. The summed E-state index contributed by atoms with van der Waals surface area (Å²) in [7, 11) is 0. The number of rotatable bonds is 0. The molecule has 10 heavy (non-hydrogen) atoms. The van der Waals surface area contributed by atoms with E-state index in [9.17, 15) is 9.59 Å². The molecule has 0 aromatic rings. The first kappa shape index (κ1) is 5.89. The Morgan fingerprint density at radius 1 is 1.10 bits per heavy atom. The van der Waals surface area contributed by atoms with Gasteiger partial charge in [0.1, 0.15) is 0 Å². The van der Waals surface area contributed by atoms with Crippen molar-refractivity contribution in [1.82, 2.24) is 0 Å². The van der Waals surface area contributed by atoms with Gasteiger partial charge < -0.3 is 4.74 Å². The topological polar surface area (TPSA) is 43.4 Å². The Morgan fingerprint density at radius 2 is 1.60 bits per heavy atom. The number of esters is 2. The van der Waals surface area contributed by atoms with E-state index in [1.165, 1.54) is 0 Å². The van der Waals surface area contributed by atoms with Crippen molar-refractivity contribution < 1.29 is 14.3 Å². The highest BCUT2D eigenvalue weighted by atomic mass is 16.6. The molecule has 1 aliphatic heterocycles. The lowest BCUT2D eigenvalue weighted by molar-refractivity contribution is -0.168. The molecule has 1 saturated heterocycles. The summed E-state index contributed by atoms with van der Waals surface area (Å²) in [6.45, 7) is 0. The molecule has 2 bridgehead atoms. The van der Waals surface area contributed by atoms with Crippen LogP contribution in [0, 0.1) is 11.8 Å². The van der Waals surface area contributed by atoms with Crippen molar-refractivity contribution in [2.75, 3.05) is 0 Å². The lowest BCUT2D eigenvalue weighted by Crippen LogP contribution is -2.28. The van der Waals surface area contributed by atoms with Crippen LogP contribution in [0.2, 0.25) is 0 Å². The van der Waals surface area contributed by atoms with Crippen LogP contribution in [0.15, 0.2) is 0 Å². The van der Waals surface area contributed by atoms with E-state index < -0.39 is 0 Å². The Hall–Kier alpha value is -0.860. The van der Waals surface area contributed by atoms with Crippen molar-refractivity contribution in [2.45, 2.75) is 19.3 Å². The predicted octanol–water partition coefficient (Wildman–Crippen LogP) is 0.486. The SMILES string of the molecule is O=C1OC(=O)[C@H]2CC[C@@H]1C2. The maximum absolute atomic E-state index is 10.8. The van der Waals surface area contributed by atoms with Gasteiger partial charge in [0.05, 0.1) is 11.8 Å². The minimum Gasteiger partial charge on any atom is -0.393 e. The third-order valence-electron chi connectivity index (χ3n) is 2.30. The van der Waals surface area contributed by atoms with E-state index in [0.717, 1.165) is 19.3 Å². The van der Waals surface area contributed by atoms with Gasteiger partial charge in [-0.2, -0.15) is 0 Å². The Bertz CT molecular complexity index is 177. The van der Waals surface area contributed by atoms with Gasteiger partial charge in [0.25, 0.3) is 0 Å². The molecular formula is C7H8O3. The van der Waals surface area contributed by atoms with Crippen molar-refractivity contribution in [3.8, 4) is 0 Å². The molecule has 0 spiro atoms. The predicted molar refractivity (Wildman–Crippen MR) is 31.9 cm³/mol. The molecule has 3 nitrogen and oxygen atoms in total. The zero-order valence-corrected chi connectivity index (χ0v) is 5.50. The number of cyclic esters (lactones) is 2. The smallest absolute Gasteiger partial charge is 0.316 e. The quantitative estimate of drug-likeness (QED) is 0.363. The number of carbonyl (C=O) groups excluding carboxylic acids is 2. The second kappa shape index (κ2) is 1.81. The number of hydrogen-bond donors (Lipinski definition) is 0. The summed E-state index contributed by atoms with van der Waals surface area (Å²) < 4.78 is 4.50. The van der Waals surface area contributed by atoms with Crippen molar-refractivity contribution in [2.24, 2.45) is 11.8 Å². The second-order valence-corrected chi connectivity index (χ2v) is 2.95. The number of fused-ring (bicyclic) bond motifs is 2. The van der Waals surface area contributed by atoms with Crippen LogP contribution in [-0.4, -0.2) is 11.9 Å². The molecule has 2 rings (SSSR count). The van der Waals surface area contributed by atoms with Gasteiger partial charge in [-0.05, 0) is 19.3 Å². The molecule has 1 aliphatic carbocycles. The van der Waals surface area contributed by atoms with Gasteiger partial charge >= 0.3 is 11.9 Å². The fraction of sp³-hybridized carbons (Fsp3) is 0.714. The monoisotopic (exact) mass is 140 g/mol. The highest BCUT2D eigenvalue weighted by Gasteiger charge is 2.41. The lowest BCUT2D eigenvalue weighted by atomic mass is 10.0. The van der Waals surface area contributed by atoms with Gasteiger partial charge in [-0.25, -0.2) is 0 Å². The Balaban J connectivity index is 2.24. The third kappa shape index (κ3) is 0.664. The zero-order chi connectivity index (χ0) is 7.14. The second-order valence-electron chi connectivity index (χ2n) is 2.95. The van der Waals surface area contributed by atoms with Crippen LogP contribution in [0.25, 0.3) is 0 Å². The van der Waals surface area contributed by atoms with E-state index >= 15 is 0 Å². The highest BCUT2D eigenvalue weighted by Crippen LogP contribution is 2.36. The standard InChI is InChI=1S/C7H8O3/c8-6-4-1-2-5(3-4)7(9)10-6/h4-5H,1-3H2/t4-,5+. The summed E-state index contributed by atoms with van der Waals surface area (Å²) in [6, 6.07) is 0.